The number of hydrogen-bond donors (Lipinski definition) is 1. The van der Waals surface area contributed by atoms with Gasteiger partial charge in [-0.3, -0.25) is 4.79 Å². The zero-order valence-electron chi connectivity index (χ0n) is 12.8. The molecule has 7 heteroatoms. The lowest BCUT2D eigenvalue weighted by Crippen LogP contribution is -2.14. The number of hydrogen-bond acceptors (Lipinski definition) is 6. The van der Waals surface area contributed by atoms with Gasteiger partial charge in [0.2, 0.25) is 0 Å². The van der Waals surface area contributed by atoms with E-state index in [1.807, 2.05) is 30.3 Å². The van der Waals surface area contributed by atoms with Crippen LogP contribution in [0.15, 0.2) is 47.3 Å². The maximum atomic E-state index is 12.2. The summed E-state index contributed by atoms with van der Waals surface area (Å²) in [5.74, 6) is -0.798. The van der Waals surface area contributed by atoms with Gasteiger partial charge in [0.1, 0.15) is 10.7 Å². The van der Waals surface area contributed by atoms with Crippen LogP contribution >= 0.6 is 22.7 Å². The highest BCUT2D eigenvalue weighted by atomic mass is 32.1. The minimum Gasteiger partial charge on any atom is -0.462 e. The van der Waals surface area contributed by atoms with Crippen molar-refractivity contribution in [3.05, 3.63) is 58.5 Å². The van der Waals surface area contributed by atoms with Crippen molar-refractivity contribution >= 4 is 39.6 Å². The number of anilines is 1. The lowest BCUT2D eigenvalue weighted by atomic mass is 10.1. The first-order valence-corrected chi connectivity index (χ1v) is 9.01. The van der Waals surface area contributed by atoms with Gasteiger partial charge in [0.25, 0.3) is 5.91 Å². The summed E-state index contributed by atoms with van der Waals surface area (Å²) in [5, 5.41) is 4.89. The Morgan fingerprint density at radius 3 is 2.71 bits per heavy atom. The molecule has 2 heterocycles. The molecule has 1 amide bonds. The van der Waals surface area contributed by atoms with Crippen LogP contribution in [0.4, 0.5) is 5.00 Å². The Morgan fingerprint density at radius 2 is 2.04 bits per heavy atom. The average Bonchev–Trinajstić information content (AvgIpc) is 3.26. The van der Waals surface area contributed by atoms with Gasteiger partial charge in [-0.05, 0) is 18.6 Å². The second-order valence-corrected chi connectivity index (χ2v) is 6.54. The Morgan fingerprint density at radius 1 is 1.25 bits per heavy atom. The molecule has 2 aromatic heterocycles. The summed E-state index contributed by atoms with van der Waals surface area (Å²) in [6, 6.07) is 11.4. The quantitative estimate of drug-likeness (QED) is 0.691. The predicted octanol–water partition coefficient (Wildman–Crippen LogP) is 4.30. The molecule has 0 aliphatic heterocycles. The van der Waals surface area contributed by atoms with Gasteiger partial charge in [0, 0.05) is 10.3 Å². The van der Waals surface area contributed by atoms with Crippen LogP contribution in [0.2, 0.25) is 0 Å². The summed E-state index contributed by atoms with van der Waals surface area (Å²) in [5.41, 5.74) is 3.24. The molecule has 0 unspecified atom stereocenters. The van der Waals surface area contributed by atoms with Crippen molar-refractivity contribution in [2.45, 2.75) is 6.92 Å². The number of carbonyl (C=O) groups is 2. The zero-order chi connectivity index (χ0) is 16.9. The van der Waals surface area contributed by atoms with Gasteiger partial charge in [0.15, 0.2) is 0 Å². The fourth-order valence-electron chi connectivity index (χ4n) is 2.08. The molecule has 0 aliphatic rings. The second-order valence-electron chi connectivity index (χ2n) is 4.77. The van der Waals surface area contributed by atoms with E-state index < -0.39 is 5.97 Å². The van der Waals surface area contributed by atoms with Crippen LogP contribution in [0, 0.1) is 0 Å². The van der Waals surface area contributed by atoms with Crippen LogP contribution in [0.5, 0.6) is 0 Å². The van der Waals surface area contributed by atoms with E-state index in [4.69, 9.17) is 4.74 Å². The van der Waals surface area contributed by atoms with Crippen LogP contribution < -0.4 is 5.32 Å². The average molecular weight is 358 g/mol. The lowest BCUT2D eigenvalue weighted by molar-refractivity contribution is 0.0528. The maximum absolute atomic E-state index is 12.2. The Labute approximate surface area is 146 Å². The smallest absolute Gasteiger partial charge is 0.341 e. The van der Waals surface area contributed by atoms with Crippen LogP contribution in [-0.2, 0) is 4.74 Å². The first kappa shape index (κ1) is 16.4. The molecule has 122 valence electrons. The van der Waals surface area contributed by atoms with E-state index in [1.54, 1.807) is 23.9 Å². The molecule has 3 rings (SSSR count). The number of amides is 1. The van der Waals surface area contributed by atoms with E-state index in [-0.39, 0.29) is 12.5 Å². The minimum atomic E-state index is -0.454. The number of benzene rings is 1. The van der Waals surface area contributed by atoms with Crippen LogP contribution in [0.1, 0.15) is 27.8 Å². The molecule has 0 radical (unpaired) electrons. The van der Waals surface area contributed by atoms with E-state index in [0.29, 0.717) is 16.3 Å². The third-order valence-electron chi connectivity index (χ3n) is 3.18. The fourth-order valence-corrected chi connectivity index (χ4v) is 3.66. The number of thiazole rings is 1. The third-order valence-corrected chi connectivity index (χ3v) is 4.86. The first-order valence-electron chi connectivity index (χ1n) is 7.25. The standard InChI is InChI=1S/C17H14N2O3S2/c1-2-22-17(21)12-8-14(11-6-4-3-5-7-11)24-16(12)19-15(20)13-9-23-10-18-13/h3-10H,2H2,1H3,(H,19,20). The van der Waals surface area contributed by atoms with Gasteiger partial charge < -0.3 is 10.1 Å². The number of aromatic nitrogens is 1. The summed E-state index contributed by atoms with van der Waals surface area (Å²) in [4.78, 5) is 29.3. The van der Waals surface area contributed by atoms with Gasteiger partial charge in [-0.2, -0.15) is 0 Å². The first-order chi connectivity index (χ1) is 11.7. The molecule has 0 bridgehead atoms. The number of carbonyl (C=O) groups excluding carboxylic acids is 2. The monoisotopic (exact) mass is 358 g/mol. The van der Waals surface area contributed by atoms with E-state index in [1.165, 1.54) is 22.7 Å². The van der Waals surface area contributed by atoms with Crippen molar-refractivity contribution in [3.8, 4) is 10.4 Å². The Balaban J connectivity index is 1.95. The highest BCUT2D eigenvalue weighted by Gasteiger charge is 2.20. The molecule has 0 saturated carbocycles. The van der Waals surface area contributed by atoms with E-state index in [0.717, 1.165) is 10.4 Å². The zero-order valence-corrected chi connectivity index (χ0v) is 14.4. The normalized spacial score (nSPS) is 10.4. The molecular weight excluding hydrogens is 344 g/mol. The Kier molecular flexibility index (Phi) is 5.02. The van der Waals surface area contributed by atoms with Crippen LogP contribution in [0.3, 0.4) is 0 Å². The van der Waals surface area contributed by atoms with Crippen molar-refractivity contribution in [2.24, 2.45) is 0 Å². The maximum Gasteiger partial charge on any atom is 0.341 e. The number of rotatable bonds is 5. The molecule has 1 aromatic carbocycles. The summed E-state index contributed by atoms with van der Waals surface area (Å²) in [6.45, 7) is 2.02. The molecule has 1 N–H and O–H groups in total. The van der Waals surface area contributed by atoms with Gasteiger partial charge in [0.05, 0.1) is 17.7 Å². The summed E-state index contributed by atoms with van der Waals surface area (Å²) >= 11 is 2.67. The molecule has 24 heavy (non-hydrogen) atoms. The van der Waals surface area contributed by atoms with Gasteiger partial charge in [-0.1, -0.05) is 30.3 Å². The molecule has 3 aromatic rings. The molecule has 5 nitrogen and oxygen atoms in total. The number of nitrogens with zero attached hydrogens (tertiary/aromatic N) is 1. The molecule has 0 saturated heterocycles. The Bertz CT molecular complexity index is 842. The SMILES string of the molecule is CCOC(=O)c1cc(-c2ccccc2)sc1NC(=O)c1cscn1. The van der Waals surface area contributed by atoms with E-state index >= 15 is 0 Å². The summed E-state index contributed by atoms with van der Waals surface area (Å²) in [6.07, 6.45) is 0. The van der Waals surface area contributed by atoms with Crippen LogP contribution in [-0.4, -0.2) is 23.5 Å². The van der Waals surface area contributed by atoms with E-state index in [2.05, 4.69) is 10.3 Å². The van der Waals surface area contributed by atoms with Gasteiger partial charge in [-0.15, -0.1) is 22.7 Å². The van der Waals surface area contributed by atoms with Crippen LogP contribution in [0.25, 0.3) is 10.4 Å². The highest BCUT2D eigenvalue weighted by molar-refractivity contribution is 7.20. The molecule has 0 atom stereocenters. The van der Waals surface area contributed by atoms with Crippen molar-refractivity contribution in [1.29, 1.82) is 0 Å². The number of thiophene rings is 1. The molecule has 0 fully saturated rings. The number of ether oxygens (including phenoxy) is 1. The third kappa shape index (κ3) is 3.52. The molecular formula is C17H14N2O3S2. The lowest BCUT2D eigenvalue weighted by Gasteiger charge is -2.04. The van der Waals surface area contributed by atoms with Crippen molar-refractivity contribution in [2.75, 3.05) is 11.9 Å². The molecule has 0 aliphatic carbocycles. The van der Waals surface area contributed by atoms with Crippen molar-refractivity contribution in [3.63, 3.8) is 0 Å². The van der Waals surface area contributed by atoms with Gasteiger partial charge >= 0.3 is 5.97 Å². The fraction of sp³-hybridized carbons (Fsp3) is 0.118. The largest absolute Gasteiger partial charge is 0.462 e. The van der Waals surface area contributed by atoms with Gasteiger partial charge in [-0.25, -0.2) is 9.78 Å². The van der Waals surface area contributed by atoms with Crippen molar-refractivity contribution in [1.82, 2.24) is 4.98 Å². The number of esters is 1. The summed E-state index contributed by atoms with van der Waals surface area (Å²) in [7, 11) is 0. The summed E-state index contributed by atoms with van der Waals surface area (Å²) < 4.78 is 5.09. The topological polar surface area (TPSA) is 68.3 Å². The molecule has 0 spiro atoms. The van der Waals surface area contributed by atoms with Crippen molar-refractivity contribution < 1.29 is 14.3 Å². The second kappa shape index (κ2) is 7.37. The minimum absolute atomic E-state index is 0.273. The predicted molar refractivity (Wildman–Crippen MR) is 95.8 cm³/mol. The highest BCUT2D eigenvalue weighted by Crippen LogP contribution is 2.36. The number of nitrogens with one attached hydrogen (secondary N) is 1. The van der Waals surface area contributed by atoms with E-state index in [9.17, 15) is 9.59 Å². The Hall–Kier alpha value is -2.51.